The van der Waals surface area contributed by atoms with Gasteiger partial charge in [0.15, 0.2) is 5.17 Å². The van der Waals surface area contributed by atoms with Gasteiger partial charge in [-0.3, -0.25) is 9.88 Å². The Bertz CT molecular complexity index is 1220. The molecular formula is C25H24N6O2S. The fraction of sp³-hybridized carbons (Fsp3) is 0.200. The van der Waals surface area contributed by atoms with Crippen LogP contribution in [0.5, 0.6) is 5.75 Å². The van der Waals surface area contributed by atoms with Crippen molar-refractivity contribution in [3.63, 3.8) is 0 Å². The van der Waals surface area contributed by atoms with Gasteiger partial charge < -0.3 is 14.6 Å². The average molecular weight is 473 g/mol. The van der Waals surface area contributed by atoms with Gasteiger partial charge in [-0.1, -0.05) is 53.3 Å². The fourth-order valence-corrected chi connectivity index (χ4v) is 4.10. The van der Waals surface area contributed by atoms with Crippen molar-refractivity contribution in [1.29, 1.82) is 0 Å². The Hall–Kier alpha value is -3.69. The number of hydrogen-bond acceptors (Lipinski definition) is 9. The third kappa shape index (κ3) is 6.00. The summed E-state index contributed by atoms with van der Waals surface area (Å²) in [6.45, 7) is 2.71. The van der Waals surface area contributed by atoms with Crippen molar-refractivity contribution in [2.75, 3.05) is 13.3 Å². The first-order chi connectivity index (χ1) is 16.8. The predicted octanol–water partition coefficient (Wildman–Crippen LogP) is 4.32. The Morgan fingerprint density at radius 2 is 1.85 bits per heavy atom. The quantitative estimate of drug-likeness (QED) is 0.406. The van der Waals surface area contributed by atoms with E-state index in [-0.39, 0.29) is 0 Å². The summed E-state index contributed by atoms with van der Waals surface area (Å²) in [4.78, 5) is 15.5. The molecule has 172 valence electrons. The summed E-state index contributed by atoms with van der Waals surface area (Å²) in [5.41, 5.74) is 3.18. The summed E-state index contributed by atoms with van der Waals surface area (Å²) < 4.78 is 11.3. The minimum Gasteiger partial charge on any atom is -0.489 e. The third-order valence-electron chi connectivity index (χ3n) is 5.16. The van der Waals surface area contributed by atoms with Gasteiger partial charge in [-0.05, 0) is 41.5 Å². The maximum Gasteiger partial charge on any atom is 0.237 e. The molecule has 0 saturated heterocycles. The van der Waals surface area contributed by atoms with Gasteiger partial charge in [-0.15, -0.1) is 0 Å². The second-order valence-electron chi connectivity index (χ2n) is 7.73. The minimum absolute atomic E-state index is 0.531. The van der Waals surface area contributed by atoms with Crippen LogP contribution < -0.4 is 10.1 Å². The maximum atomic E-state index is 5.84. The second kappa shape index (κ2) is 11.0. The Kier molecular flexibility index (Phi) is 7.13. The van der Waals surface area contributed by atoms with Crippen LogP contribution in [-0.4, -0.2) is 38.5 Å². The van der Waals surface area contributed by atoms with Crippen molar-refractivity contribution in [2.45, 2.75) is 18.9 Å². The maximum absolute atomic E-state index is 5.84. The van der Waals surface area contributed by atoms with Crippen LogP contribution in [0.4, 0.5) is 0 Å². The van der Waals surface area contributed by atoms with E-state index in [2.05, 4.69) is 36.4 Å². The molecule has 0 amide bonds. The van der Waals surface area contributed by atoms with E-state index in [1.165, 1.54) is 5.56 Å². The number of pyridine rings is 1. The first-order valence-corrected chi connectivity index (χ1v) is 11.9. The van der Waals surface area contributed by atoms with Gasteiger partial charge in [0.1, 0.15) is 12.4 Å². The molecule has 0 fully saturated rings. The van der Waals surface area contributed by atoms with Crippen LogP contribution in [0.15, 0.2) is 88.6 Å². The summed E-state index contributed by atoms with van der Waals surface area (Å²) in [5.74, 6) is 2.48. The number of nitrogens with zero attached hydrogens (tertiary/aromatic N) is 5. The Labute approximate surface area is 202 Å². The van der Waals surface area contributed by atoms with Crippen LogP contribution in [0.3, 0.4) is 0 Å². The molecule has 0 unspecified atom stereocenters. The van der Waals surface area contributed by atoms with Crippen molar-refractivity contribution in [2.24, 2.45) is 4.99 Å². The number of rotatable bonds is 8. The van der Waals surface area contributed by atoms with Crippen molar-refractivity contribution in [1.82, 2.24) is 25.3 Å². The van der Waals surface area contributed by atoms with Gasteiger partial charge >= 0.3 is 0 Å². The summed E-state index contributed by atoms with van der Waals surface area (Å²) >= 11 is 1.56. The largest absolute Gasteiger partial charge is 0.489 e. The molecule has 0 atom stereocenters. The van der Waals surface area contributed by atoms with E-state index in [0.717, 1.165) is 35.3 Å². The van der Waals surface area contributed by atoms with E-state index in [0.29, 0.717) is 30.7 Å². The highest BCUT2D eigenvalue weighted by atomic mass is 32.2. The molecule has 3 heterocycles. The number of nitrogens with one attached hydrogen (secondary N) is 1. The zero-order valence-corrected chi connectivity index (χ0v) is 19.3. The summed E-state index contributed by atoms with van der Waals surface area (Å²) in [5, 5.41) is 8.34. The summed E-state index contributed by atoms with van der Waals surface area (Å²) in [6.07, 6.45) is 3.66. The van der Waals surface area contributed by atoms with Crippen molar-refractivity contribution in [3.8, 4) is 17.1 Å². The van der Waals surface area contributed by atoms with E-state index >= 15 is 0 Å². The zero-order valence-electron chi connectivity index (χ0n) is 18.5. The molecule has 8 nitrogen and oxygen atoms in total. The Balaban J connectivity index is 1.10. The van der Waals surface area contributed by atoms with E-state index in [9.17, 15) is 0 Å². The molecular weight excluding hydrogens is 448 g/mol. The Morgan fingerprint density at radius 1 is 1.00 bits per heavy atom. The third-order valence-corrected chi connectivity index (χ3v) is 6.10. The molecule has 1 aliphatic rings. The van der Waals surface area contributed by atoms with E-state index in [1.54, 1.807) is 18.0 Å². The molecule has 0 bridgehead atoms. The molecule has 0 radical (unpaired) electrons. The van der Waals surface area contributed by atoms with Crippen molar-refractivity contribution < 1.29 is 9.26 Å². The van der Waals surface area contributed by atoms with Crippen LogP contribution >= 0.6 is 11.8 Å². The molecule has 0 saturated carbocycles. The normalized spacial score (nSPS) is 13.8. The lowest BCUT2D eigenvalue weighted by Gasteiger charge is -2.26. The standard InChI is InChI=1S/C25H24N6O2S/c1-2-5-19(6-3-1)15-32-22-10-8-21(9-11-22)24-29-23(33-30-24)16-34-25-27-17-31(18-28-25)14-20-7-4-12-26-13-20/h1-13H,14-18H2,(H,27,28). The highest BCUT2D eigenvalue weighted by Gasteiger charge is 2.15. The van der Waals surface area contributed by atoms with Gasteiger partial charge in [0.05, 0.1) is 19.1 Å². The number of benzene rings is 2. The van der Waals surface area contributed by atoms with Crippen molar-refractivity contribution >= 4 is 16.9 Å². The number of ether oxygens (including phenoxy) is 1. The Morgan fingerprint density at radius 3 is 2.62 bits per heavy atom. The molecule has 0 spiro atoms. The second-order valence-corrected chi connectivity index (χ2v) is 8.69. The summed E-state index contributed by atoms with van der Waals surface area (Å²) in [6, 6.07) is 21.8. The number of hydrogen-bond donors (Lipinski definition) is 1. The van der Waals surface area contributed by atoms with E-state index in [1.807, 2.05) is 66.9 Å². The van der Waals surface area contributed by atoms with Gasteiger partial charge in [0.25, 0.3) is 0 Å². The first kappa shape index (κ1) is 22.1. The topological polar surface area (TPSA) is 88.7 Å². The van der Waals surface area contributed by atoms with Crippen LogP contribution in [0.25, 0.3) is 11.4 Å². The average Bonchev–Trinajstić information content (AvgIpc) is 3.38. The lowest BCUT2D eigenvalue weighted by molar-refractivity contribution is 0.258. The van der Waals surface area contributed by atoms with Gasteiger partial charge in [-0.25, -0.2) is 4.99 Å². The van der Waals surface area contributed by atoms with Crippen LogP contribution in [0.2, 0.25) is 0 Å². The molecule has 1 aliphatic heterocycles. The van der Waals surface area contributed by atoms with Crippen molar-refractivity contribution in [3.05, 3.63) is 96.1 Å². The SMILES string of the molecule is c1ccc(COc2ccc(-c3noc(CSC4=NCN(Cc5cccnc5)CN4)n3)cc2)cc1. The number of aromatic nitrogens is 3. The van der Waals surface area contributed by atoms with Gasteiger partial charge in [0.2, 0.25) is 11.7 Å². The molecule has 5 rings (SSSR count). The van der Waals surface area contributed by atoms with Gasteiger partial charge in [-0.2, -0.15) is 4.98 Å². The van der Waals surface area contributed by atoms with Gasteiger partial charge in [0, 0.05) is 24.5 Å². The number of thioether (sulfide) groups is 1. The number of aliphatic imine (C=N–C) groups is 1. The summed E-state index contributed by atoms with van der Waals surface area (Å²) in [7, 11) is 0. The smallest absolute Gasteiger partial charge is 0.237 e. The molecule has 1 N–H and O–H groups in total. The van der Waals surface area contributed by atoms with E-state index in [4.69, 9.17) is 9.26 Å². The predicted molar refractivity (Wildman–Crippen MR) is 132 cm³/mol. The van der Waals surface area contributed by atoms with Crippen LogP contribution in [0, 0.1) is 0 Å². The molecule has 4 aromatic rings. The molecule has 34 heavy (non-hydrogen) atoms. The fourth-order valence-electron chi connectivity index (χ4n) is 3.40. The highest BCUT2D eigenvalue weighted by Crippen LogP contribution is 2.22. The minimum atomic E-state index is 0.531. The molecule has 2 aromatic carbocycles. The molecule has 9 heteroatoms. The monoisotopic (exact) mass is 472 g/mol. The van der Waals surface area contributed by atoms with E-state index < -0.39 is 0 Å². The lowest BCUT2D eigenvalue weighted by atomic mass is 10.2. The highest BCUT2D eigenvalue weighted by molar-refractivity contribution is 8.13. The first-order valence-electron chi connectivity index (χ1n) is 10.9. The lowest BCUT2D eigenvalue weighted by Crippen LogP contribution is -2.41. The molecule has 2 aromatic heterocycles. The zero-order chi connectivity index (χ0) is 23.0. The number of amidine groups is 1. The van der Waals surface area contributed by atoms with Crippen LogP contribution in [0.1, 0.15) is 17.0 Å². The van der Waals surface area contributed by atoms with Crippen LogP contribution in [-0.2, 0) is 18.9 Å². The molecule has 0 aliphatic carbocycles.